The Hall–Kier alpha value is -3.28. The molecule has 0 unspecified atom stereocenters. The van der Waals surface area contributed by atoms with Crippen LogP contribution in [0.3, 0.4) is 0 Å². The number of nitrogens with zero attached hydrogens (tertiary/aromatic N) is 1. The topological polar surface area (TPSA) is 69.6 Å². The number of fused-ring (bicyclic) bond motifs is 1. The molecule has 0 fully saturated rings. The number of ether oxygens (including phenoxy) is 2. The van der Waals surface area contributed by atoms with Gasteiger partial charge >= 0.3 is 5.97 Å². The van der Waals surface area contributed by atoms with Crippen molar-refractivity contribution in [2.75, 3.05) is 26.1 Å². The number of methoxy groups -OCH3 is 2. The van der Waals surface area contributed by atoms with Gasteiger partial charge in [0, 0.05) is 30.4 Å². The first kappa shape index (κ1) is 17.5. The van der Waals surface area contributed by atoms with Gasteiger partial charge in [0.15, 0.2) is 0 Å². The first-order valence-electron chi connectivity index (χ1n) is 8.22. The Morgan fingerprint density at radius 1 is 1.08 bits per heavy atom. The summed E-state index contributed by atoms with van der Waals surface area (Å²) >= 11 is 0. The monoisotopic (exact) mass is 352 g/mol. The van der Waals surface area contributed by atoms with E-state index in [1.807, 2.05) is 30.3 Å². The first-order chi connectivity index (χ1) is 12.6. The largest absolute Gasteiger partial charge is 0.497 e. The van der Waals surface area contributed by atoms with Crippen molar-refractivity contribution in [3.8, 4) is 5.75 Å². The molecule has 0 bridgehead atoms. The molecule has 1 heterocycles. The maximum Gasteiger partial charge on any atom is 0.337 e. The summed E-state index contributed by atoms with van der Waals surface area (Å²) in [7, 11) is 2.95. The molecule has 0 aliphatic carbocycles. The fraction of sp³-hybridized carbons (Fsp3) is 0.200. The summed E-state index contributed by atoms with van der Waals surface area (Å²) in [6.07, 6.45) is 1.76. The van der Waals surface area contributed by atoms with Crippen molar-refractivity contribution < 1.29 is 14.3 Å². The maximum absolute atomic E-state index is 12.7. The molecule has 0 aliphatic heterocycles. The van der Waals surface area contributed by atoms with Crippen LogP contribution in [0.4, 0.5) is 5.69 Å². The molecule has 0 amide bonds. The number of benzene rings is 2. The van der Waals surface area contributed by atoms with Crippen LogP contribution in [0.15, 0.2) is 59.5 Å². The van der Waals surface area contributed by atoms with Crippen LogP contribution in [-0.2, 0) is 11.3 Å². The van der Waals surface area contributed by atoms with E-state index >= 15 is 0 Å². The lowest BCUT2D eigenvalue weighted by Crippen LogP contribution is -2.23. The minimum Gasteiger partial charge on any atom is -0.497 e. The van der Waals surface area contributed by atoms with Crippen LogP contribution < -0.4 is 15.6 Å². The highest BCUT2D eigenvalue weighted by Gasteiger charge is 2.09. The third-order valence-corrected chi connectivity index (χ3v) is 4.17. The molecule has 0 aliphatic rings. The number of carbonyl (C=O) groups is 1. The Labute approximate surface area is 151 Å². The van der Waals surface area contributed by atoms with Gasteiger partial charge in [-0.1, -0.05) is 6.07 Å². The maximum atomic E-state index is 12.7. The summed E-state index contributed by atoms with van der Waals surface area (Å²) in [5, 5.41) is 4.56. The Morgan fingerprint density at radius 2 is 1.85 bits per heavy atom. The lowest BCUT2D eigenvalue weighted by atomic mass is 10.1. The Kier molecular flexibility index (Phi) is 5.22. The molecule has 2 aromatic carbocycles. The molecule has 134 valence electrons. The van der Waals surface area contributed by atoms with Crippen molar-refractivity contribution in [3.05, 3.63) is 70.6 Å². The lowest BCUT2D eigenvalue weighted by molar-refractivity contribution is 0.0601. The number of hydrogen-bond acceptors (Lipinski definition) is 5. The highest BCUT2D eigenvalue weighted by molar-refractivity contribution is 5.95. The zero-order valence-corrected chi connectivity index (χ0v) is 14.7. The van der Waals surface area contributed by atoms with Crippen molar-refractivity contribution in [2.24, 2.45) is 0 Å². The first-order valence-corrected chi connectivity index (χ1v) is 8.22. The smallest absolute Gasteiger partial charge is 0.337 e. The van der Waals surface area contributed by atoms with Crippen LogP contribution in [0.1, 0.15) is 10.4 Å². The predicted octanol–water partition coefficient (Wildman–Crippen LogP) is 2.91. The van der Waals surface area contributed by atoms with Gasteiger partial charge < -0.3 is 19.4 Å². The molecule has 3 rings (SSSR count). The molecular formula is C20H20N2O4. The van der Waals surface area contributed by atoms with E-state index in [1.165, 1.54) is 7.11 Å². The average Bonchev–Trinajstić information content (AvgIpc) is 2.69. The van der Waals surface area contributed by atoms with Crippen LogP contribution in [-0.4, -0.2) is 31.3 Å². The van der Waals surface area contributed by atoms with E-state index in [2.05, 4.69) is 5.32 Å². The molecule has 26 heavy (non-hydrogen) atoms. The number of esters is 1. The summed E-state index contributed by atoms with van der Waals surface area (Å²) in [4.78, 5) is 24.4. The third-order valence-electron chi connectivity index (χ3n) is 4.17. The minimum absolute atomic E-state index is 0.134. The zero-order valence-electron chi connectivity index (χ0n) is 14.7. The second-order valence-corrected chi connectivity index (χ2v) is 5.76. The van der Waals surface area contributed by atoms with Crippen LogP contribution in [0.25, 0.3) is 10.8 Å². The third kappa shape index (κ3) is 3.69. The van der Waals surface area contributed by atoms with E-state index < -0.39 is 5.97 Å². The summed E-state index contributed by atoms with van der Waals surface area (Å²) in [6, 6.07) is 14.4. The Balaban J connectivity index is 1.75. The highest BCUT2D eigenvalue weighted by atomic mass is 16.5. The van der Waals surface area contributed by atoms with Gasteiger partial charge in [0.25, 0.3) is 5.56 Å². The Morgan fingerprint density at radius 3 is 2.54 bits per heavy atom. The molecule has 0 saturated heterocycles. The SMILES string of the molecule is COC(=O)c1ccc2ccn(CCNc3ccc(OC)cc3)c(=O)c2c1. The normalized spacial score (nSPS) is 10.5. The fourth-order valence-corrected chi connectivity index (χ4v) is 2.73. The summed E-state index contributed by atoms with van der Waals surface area (Å²) in [6.45, 7) is 1.09. The summed E-state index contributed by atoms with van der Waals surface area (Å²) in [5.41, 5.74) is 1.18. The highest BCUT2D eigenvalue weighted by Crippen LogP contribution is 2.15. The number of anilines is 1. The van der Waals surface area contributed by atoms with Gasteiger partial charge in [0.2, 0.25) is 0 Å². The molecule has 1 aromatic heterocycles. The van der Waals surface area contributed by atoms with Crippen molar-refractivity contribution >= 4 is 22.4 Å². The van der Waals surface area contributed by atoms with Crippen molar-refractivity contribution in [1.29, 1.82) is 0 Å². The van der Waals surface area contributed by atoms with Gasteiger partial charge in [-0.2, -0.15) is 0 Å². The molecule has 3 aromatic rings. The molecule has 6 nitrogen and oxygen atoms in total. The van der Waals surface area contributed by atoms with E-state index in [0.29, 0.717) is 24.0 Å². The molecule has 0 atom stereocenters. The molecule has 0 spiro atoms. The number of aromatic nitrogens is 1. The average molecular weight is 352 g/mol. The van der Waals surface area contributed by atoms with Gasteiger partial charge in [-0.05, 0) is 47.9 Å². The number of carbonyl (C=O) groups excluding carboxylic acids is 1. The second kappa shape index (κ2) is 7.74. The zero-order chi connectivity index (χ0) is 18.5. The van der Waals surface area contributed by atoms with E-state index in [9.17, 15) is 9.59 Å². The molecule has 0 saturated carbocycles. The van der Waals surface area contributed by atoms with E-state index in [-0.39, 0.29) is 5.56 Å². The number of rotatable bonds is 6. The van der Waals surface area contributed by atoms with Gasteiger partial charge in [-0.25, -0.2) is 4.79 Å². The predicted molar refractivity (Wildman–Crippen MR) is 101 cm³/mol. The summed E-state index contributed by atoms with van der Waals surface area (Å²) < 4.78 is 11.5. The van der Waals surface area contributed by atoms with Crippen LogP contribution >= 0.6 is 0 Å². The van der Waals surface area contributed by atoms with Gasteiger partial charge in [0.05, 0.1) is 19.8 Å². The minimum atomic E-state index is -0.456. The van der Waals surface area contributed by atoms with Crippen molar-refractivity contribution in [2.45, 2.75) is 6.54 Å². The quantitative estimate of drug-likeness (QED) is 0.691. The fourth-order valence-electron chi connectivity index (χ4n) is 2.73. The van der Waals surface area contributed by atoms with E-state index in [0.717, 1.165) is 16.8 Å². The van der Waals surface area contributed by atoms with Gasteiger partial charge in [0.1, 0.15) is 5.75 Å². The number of hydrogen-bond donors (Lipinski definition) is 1. The number of nitrogens with one attached hydrogen (secondary N) is 1. The van der Waals surface area contributed by atoms with Gasteiger partial charge in [-0.15, -0.1) is 0 Å². The Bertz CT molecular complexity index is 977. The van der Waals surface area contributed by atoms with E-state index in [1.54, 1.807) is 36.1 Å². The molecule has 6 heteroatoms. The summed E-state index contributed by atoms with van der Waals surface area (Å²) in [5.74, 6) is 0.339. The lowest BCUT2D eigenvalue weighted by Gasteiger charge is -2.10. The van der Waals surface area contributed by atoms with Crippen molar-refractivity contribution in [1.82, 2.24) is 4.57 Å². The van der Waals surface area contributed by atoms with Crippen LogP contribution in [0, 0.1) is 0 Å². The number of pyridine rings is 1. The standard InChI is InChI=1S/C20H20N2O4/c1-25-17-7-5-16(6-8-17)21-10-12-22-11-9-14-3-4-15(20(24)26-2)13-18(14)19(22)23/h3-9,11,13,21H,10,12H2,1-2H3. The van der Waals surface area contributed by atoms with Crippen LogP contribution in [0.5, 0.6) is 5.75 Å². The molecule has 0 radical (unpaired) electrons. The van der Waals surface area contributed by atoms with E-state index in [4.69, 9.17) is 9.47 Å². The second-order valence-electron chi connectivity index (χ2n) is 5.76. The molecule has 1 N–H and O–H groups in total. The molecular weight excluding hydrogens is 332 g/mol. The van der Waals surface area contributed by atoms with Gasteiger partial charge in [-0.3, -0.25) is 4.79 Å². The van der Waals surface area contributed by atoms with Crippen LogP contribution in [0.2, 0.25) is 0 Å². The van der Waals surface area contributed by atoms with Crippen molar-refractivity contribution in [3.63, 3.8) is 0 Å².